The Kier molecular flexibility index (Phi) is 7.78. The van der Waals surface area contributed by atoms with Crippen molar-refractivity contribution in [2.75, 3.05) is 31.4 Å². The Labute approximate surface area is 178 Å². The van der Waals surface area contributed by atoms with Gasteiger partial charge in [-0.15, -0.1) is 0 Å². The summed E-state index contributed by atoms with van der Waals surface area (Å²) in [6, 6.07) is 4.49. The van der Waals surface area contributed by atoms with Crippen molar-refractivity contribution in [1.29, 1.82) is 0 Å². The molecule has 6 nitrogen and oxygen atoms in total. The normalized spacial score (nSPS) is 16.1. The van der Waals surface area contributed by atoms with Gasteiger partial charge in [-0.1, -0.05) is 0 Å². The zero-order chi connectivity index (χ0) is 21.2. The molecule has 1 amide bonds. The van der Waals surface area contributed by atoms with Crippen molar-refractivity contribution in [2.45, 2.75) is 11.3 Å². The molecule has 1 saturated heterocycles. The highest BCUT2D eigenvalue weighted by molar-refractivity contribution is 7.91. The Hall–Kier alpha value is -2.24. The Bertz CT molecular complexity index is 1020. The van der Waals surface area contributed by atoms with Gasteiger partial charge in [0.25, 0.3) is 5.91 Å². The maximum absolute atomic E-state index is 13.8. The number of hydrogen-bond donors (Lipinski definition) is 1. The minimum Gasteiger partial charge on any atom is -0.496 e. The smallest absolute Gasteiger partial charge is 0.259 e. The lowest BCUT2D eigenvalue weighted by Gasteiger charge is -2.14. The molecule has 0 saturated carbocycles. The van der Waals surface area contributed by atoms with Gasteiger partial charge in [0.15, 0.2) is 21.5 Å². The molecule has 0 aliphatic carbocycles. The quantitative estimate of drug-likeness (QED) is 0.711. The van der Waals surface area contributed by atoms with Crippen molar-refractivity contribution >= 4 is 34.9 Å². The zero-order valence-electron chi connectivity index (χ0n) is 15.9. The van der Waals surface area contributed by atoms with E-state index in [1.54, 1.807) is 0 Å². The van der Waals surface area contributed by atoms with Gasteiger partial charge < -0.3 is 14.8 Å². The Morgan fingerprint density at radius 2 is 1.87 bits per heavy atom. The van der Waals surface area contributed by atoms with Crippen molar-refractivity contribution in [2.24, 2.45) is 5.92 Å². The van der Waals surface area contributed by atoms with E-state index in [1.807, 2.05) is 5.32 Å². The number of carbonyl (C=O) groups is 1. The van der Waals surface area contributed by atoms with E-state index in [4.69, 9.17) is 9.47 Å². The fourth-order valence-corrected chi connectivity index (χ4v) is 4.67. The molecule has 0 bridgehead atoms. The van der Waals surface area contributed by atoms with Crippen LogP contribution in [0, 0.1) is 23.4 Å². The average molecular weight is 463 g/mol. The lowest BCUT2D eigenvalue weighted by Crippen LogP contribution is -2.19. The van der Waals surface area contributed by atoms with Gasteiger partial charge in [0, 0.05) is 18.7 Å². The van der Waals surface area contributed by atoms with Gasteiger partial charge in [0.2, 0.25) is 0 Å². The van der Waals surface area contributed by atoms with Gasteiger partial charge in [0.05, 0.1) is 29.9 Å². The third kappa shape index (κ3) is 5.27. The molecule has 0 aromatic heterocycles. The van der Waals surface area contributed by atoms with Crippen molar-refractivity contribution < 1.29 is 35.9 Å². The topological polar surface area (TPSA) is 81.7 Å². The summed E-state index contributed by atoms with van der Waals surface area (Å²) in [5.41, 5.74) is -1.09. The molecular formula is C19H20F3NO5S2. The van der Waals surface area contributed by atoms with Gasteiger partial charge in [-0.2, -0.15) is 13.5 Å². The molecule has 11 heteroatoms. The van der Waals surface area contributed by atoms with Crippen molar-refractivity contribution in [1.82, 2.24) is 0 Å². The highest BCUT2D eigenvalue weighted by Crippen LogP contribution is 2.28. The molecule has 0 spiro atoms. The predicted molar refractivity (Wildman–Crippen MR) is 109 cm³/mol. The average Bonchev–Trinajstić information content (AvgIpc) is 3.16. The summed E-state index contributed by atoms with van der Waals surface area (Å²) in [6.45, 7) is 0.830. The molecule has 0 unspecified atom stereocenters. The van der Waals surface area contributed by atoms with E-state index in [2.05, 4.69) is 0 Å². The third-order valence-electron chi connectivity index (χ3n) is 4.50. The second-order valence-electron chi connectivity index (χ2n) is 6.57. The molecule has 1 aliphatic rings. The number of benzene rings is 2. The van der Waals surface area contributed by atoms with Crippen LogP contribution in [0.4, 0.5) is 18.9 Å². The maximum atomic E-state index is 13.8. The molecule has 1 aliphatic heterocycles. The second-order valence-corrected chi connectivity index (χ2v) is 8.61. The van der Waals surface area contributed by atoms with Crippen LogP contribution in [0.2, 0.25) is 0 Å². The number of carbonyl (C=O) groups excluding carboxylic acids is 1. The lowest BCUT2D eigenvalue weighted by atomic mass is 10.1. The van der Waals surface area contributed by atoms with Crippen LogP contribution in [0.25, 0.3) is 0 Å². The molecule has 164 valence electrons. The maximum Gasteiger partial charge on any atom is 0.259 e. The first-order valence-electron chi connectivity index (χ1n) is 8.65. The fraction of sp³-hybridized carbons (Fsp3) is 0.316. The molecular weight excluding hydrogens is 443 g/mol. The lowest BCUT2D eigenvalue weighted by molar-refractivity contribution is 0.102. The first-order valence-corrected chi connectivity index (χ1v) is 10.3. The largest absolute Gasteiger partial charge is 0.496 e. The molecule has 0 radical (unpaired) electrons. The first-order chi connectivity index (χ1) is 13.7. The SMILES string of the molecule is COc1ccc(S(=O)(=O)C[C@H]2CCOC2)cc1C(=O)Nc1c(F)cc(F)cc1F.S. The summed E-state index contributed by atoms with van der Waals surface area (Å²) in [6.07, 6.45) is 0.617. The third-order valence-corrected chi connectivity index (χ3v) is 6.38. The molecule has 30 heavy (non-hydrogen) atoms. The van der Waals surface area contributed by atoms with Crippen LogP contribution in [0.1, 0.15) is 16.8 Å². The molecule has 1 atom stereocenters. The van der Waals surface area contributed by atoms with Crippen LogP contribution in [-0.4, -0.2) is 40.4 Å². The second kappa shape index (κ2) is 9.71. The summed E-state index contributed by atoms with van der Waals surface area (Å²) >= 11 is 0. The monoisotopic (exact) mass is 463 g/mol. The van der Waals surface area contributed by atoms with Gasteiger partial charge in [-0.25, -0.2) is 21.6 Å². The van der Waals surface area contributed by atoms with Crippen LogP contribution in [0.3, 0.4) is 0 Å². The summed E-state index contributed by atoms with van der Waals surface area (Å²) < 4.78 is 76.3. The minimum atomic E-state index is -3.73. The Morgan fingerprint density at radius 1 is 1.20 bits per heavy atom. The molecule has 2 aromatic rings. The Balaban J connectivity index is 0.00000320. The first kappa shape index (κ1) is 24.0. The number of nitrogens with one attached hydrogen (secondary N) is 1. The van der Waals surface area contributed by atoms with Gasteiger partial charge >= 0.3 is 0 Å². The molecule has 1 N–H and O–H groups in total. The number of methoxy groups -OCH3 is 1. The van der Waals surface area contributed by atoms with Crippen LogP contribution >= 0.6 is 13.5 Å². The van der Waals surface area contributed by atoms with Crippen LogP contribution in [0.5, 0.6) is 5.75 Å². The number of amides is 1. The van der Waals surface area contributed by atoms with E-state index in [1.165, 1.54) is 19.2 Å². The van der Waals surface area contributed by atoms with Crippen molar-refractivity contribution in [3.05, 3.63) is 53.3 Å². The molecule has 3 rings (SSSR count). The van der Waals surface area contributed by atoms with Crippen molar-refractivity contribution in [3.8, 4) is 5.75 Å². The summed E-state index contributed by atoms with van der Waals surface area (Å²) in [5.74, 6) is -5.05. The Morgan fingerprint density at radius 3 is 2.43 bits per heavy atom. The number of sulfone groups is 1. The van der Waals surface area contributed by atoms with Gasteiger partial charge in [-0.05, 0) is 30.5 Å². The zero-order valence-corrected chi connectivity index (χ0v) is 17.7. The fourth-order valence-electron chi connectivity index (χ4n) is 3.02. The van der Waals surface area contributed by atoms with Gasteiger partial charge in [0.1, 0.15) is 17.3 Å². The van der Waals surface area contributed by atoms with E-state index in [0.29, 0.717) is 31.8 Å². The predicted octanol–water partition coefficient (Wildman–Crippen LogP) is 3.29. The van der Waals surface area contributed by atoms with Gasteiger partial charge in [-0.3, -0.25) is 4.79 Å². The minimum absolute atomic E-state index is 0. The summed E-state index contributed by atoms with van der Waals surface area (Å²) in [7, 11) is -2.47. The molecule has 1 fully saturated rings. The van der Waals surface area contributed by atoms with E-state index in [0.717, 1.165) is 6.07 Å². The van der Waals surface area contributed by atoms with Crippen LogP contribution in [0.15, 0.2) is 35.2 Å². The molecule has 1 heterocycles. The highest BCUT2D eigenvalue weighted by Gasteiger charge is 2.27. The van der Waals surface area contributed by atoms with E-state index < -0.39 is 38.9 Å². The van der Waals surface area contributed by atoms with Crippen LogP contribution in [-0.2, 0) is 14.6 Å². The number of halogens is 3. The number of anilines is 1. The van der Waals surface area contributed by atoms with E-state index in [-0.39, 0.29) is 41.4 Å². The number of hydrogen-bond acceptors (Lipinski definition) is 5. The summed E-state index contributed by atoms with van der Waals surface area (Å²) in [4.78, 5) is 12.4. The standard InChI is InChI=1S/C19H18F3NO5S.H2S/c1-27-17-3-2-13(29(25,26)10-11-4-5-28-9-11)8-14(17)19(24)23-18-15(21)6-12(20)7-16(18)22;/h2-3,6-8,11H,4-5,9-10H2,1H3,(H,23,24);1H2/t11-;/m0./s1. The van der Waals surface area contributed by atoms with E-state index >= 15 is 0 Å². The summed E-state index contributed by atoms with van der Waals surface area (Å²) in [5, 5.41) is 2.00. The van der Waals surface area contributed by atoms with E-state index in [9.17, 15) is 26.4 Å². The number of rotatable bonds is 6. The van der Waals surface area contributed by atoms with Crippen molar-refractivity contribution in [3.63, 3.8) is 0 Å². The number of ether oxygens (including phenoxy) is 2. The van der Waals surface area contributed by atoms with Crippen LogP contribution < -0.4 is 10.1 Å². The molecule has 2 aromatic carbocycles. The highest BCUT2D eigenvalue weighted by atomic mass is 32.2.